The van der Waals surface area contributed by atoms with E-state index in [1.54, 1.807) is 49.4 Å². The smallest absolute Gasteiger partial charge is 0.338 e. The molecule has 0 aliphatic carbocycles. The molecule has 2 heterocycles. The lowest BCUT2D eigenvalue weighted by atomic mass is 10.2. The van der Waals surface area contributed by atoms with Gasteiger partial charge in [-0.25, -0.2) is 9.59 Å². The van der Waals surface area contributed by atoms with Crippen molar-refractivity contribution in [3.05, 3.63) is 59.2 Å². The molecule has 0 saturated carbocycles. The Morgan fingerprint density at radius 2 is 1.34 bits per heavy atom. The van der Waals surface area contributed by atoms with Crippen molar-refractivity contribution in [3.8, 4) is 23.0 Å². The summed E-state index contributed by atoms with van der Waals surface area (Å²) in [6.45, 7) is 2.19. The molecule has 150 valence electrons. The summed E-state index contributed by atoms with van der Waals surface area (Å²) in [6.07, 6.45) is 1.68. The van der Waals surface area contributed by atoms with Gasteiger partial charge in [0, 0.05) is 0 Å². The number of benzene rings is 2. The van der Waals surface area contributed by atoms with Gasteiger partial charge in [0.15, 0.2) is 23.0 Å². The zero-order chi connectivity index (χ0) is 20.2. The van der Waals surface area contributed by atoms with Crippen molar-refractivity contribution in [2.24, 2.45) is 0 Å². The molecule has 0 amide bonds. The molecular formula is C21H18O8. The second-order valence-electron chi connectivity index (χ2n) is 6.36. The SMILES string of the molecule is CC(=CCOC(=O)c1ccc2c(c1)OCO2)COC(=O)c1ccc2c(c1)OCO2. The van der Waals surface area contributed by atoms with Crippen LogP contribution in [0.5, 0.6) is 23.0 Å². The van der Waals surface area contributed by atoms with E-state index in [0.29, 0.717) is 34.1 Å². The number of esters is 2. The first-order valence-electron chi connectivity index (χ1n) is 8.89. The Morgan fingerprint density at radius 1 is 0.828 bits per heavy atom. The topological polar surface area (TPSA) is 89.5 Å². The summed E-state index contributed by atoms with van der Waals surface area (Å²) in [6, 6.07) is 9.71. The minimum atomic E-state index is -0.482. The van der Waals surface area contributed by atoms with E-state index in [9.17, 15) is 9.59 Å². The highest BCUT2D eigenvalue weighted by Gasteiger charge is 2.18. The Morgan fingerprint density at radius 3 is 1.93 bits per heavy atom. The summed E-state index contributed by atoms with van der Waals surface area (Å²) in [4.78, 5) is 24.3. The third-order valence-corrected chi connectivity index (χ3v) is 4.29. The molecule has 2 aromatic carbocycles. The van der Waals surface area contributed by atoms with E-state index >= 15 is 0 Å². The predicted octanol–water partition coefficient (Wildman–Crippen LogP) is 3.10. The van der Waals surface area contributed by atoms with Gasteiger partial charge in [-0.2, -0.15) is 0 Å². The summed E-state index contributed by atoms with van der Waals surface area (Å²) in [7, 11) is 0. The molecule has 0 radical (unpaired) electrons. The van der Waals surface area contributed by atoms with Gasteiger partial charge in [-0.1, -0.05) is 0 Å². The zero-order valence-corrected chi connectivity index (χ0v) is 15.6. The van der Waals surface area contributed by atoms with E-state index in [4.69, 9.17) is 28.4 Å². The maximum atomic E-state index is 12.2. The molecule has 8 heteroatoms. The molecule has 0 unspecified atom stereocenters. The van der Waals surface area contributed by atoms with Crippen LogP contribution in [-0.4, -0.2) is 38.7 Å². The molecule has 0 fully saturated rings. The molecule has 29 heavy (non-hydrogen) atoms. The van der Waals surface area contributed by atoms with Gasteiger partial charge in [-0.3, -0.25) is 0 Å². The van der Waals surface area contributed by atoms with Crippen LogP contribution in [0.1, 0.15) is 27.6 Å². The average Bonchev–Trinajstić information content (AvgIpc) is 3.39. The van der Waals surface area contributed by atoms with Gasteiger partial charge in [-0.05, 0) is 55.0 Å². The van der Waals surface area contributed by atoms with Crippen LogP contribution in [0, 0.1) is 0 Å². The zero-order valence-electron chi connectivity index (χ0n) is 15.6. The van der Waals surface area contributed by atoms with Crippen LogP contribution in [0.4, 0.5) is 0 Å². The summed E-state index contributed by atoms with van der Waals surface area (Å²) in [5, 5.41) is 0. The molecule has 0 aromatic heterocycles. The molecule has 2 aliphatic rings. The number of fused-ring (bicyclic) bond motifs is 2. The Balaban J connectivity index is 1.25. The largest absolute Gasteiger partial charge is 0.458 e. The van der Waals surface area contributed by atoms with Crippen molar-refractivity contribution in [1.82, 2.24) is 0 Å². The van der Waals surface area contributed by atoms with E-state index in [1.165, 1.54) is 0 Å². The first-order chi connectivity index (χ1) is 14.1. The van der Waals surface area contributed by atoms with Gasteiger partial charge in [0.25, 0.3) is 0 Å². The minimum Gasteiger partial charge on any atom is -0.458 e. The lowest BCUT2D eigenvalue weighted by Gasteiger charge is -2.07. The van der Waals surface area contributed by atoms with E-state index in [0.717, 1.165) is 5.57 Å². The number of hydrogen-bond donors (Lipinski definition) is 0. The van der Waals surface area contributed by atoms with E-state index < -0.39 is 11.9 Å². The molecule has 2 aliphatic heterocycles. The highest BCUT2D eigenvalue weighted by molar-refractivity contribution is 5.91. The fraction of sp³-hybridized carbons (Fsp3) is 0.238. The second-order valence-corrected chi connectivity index (χ2v) is 6.36. The van der Waals surface area contributed by atoms with Gasteiger partial charge >= 0.3 is 11.9 Å². The maximum absolute atomic E-state index is 12.2. The molecule has 0 N–H and O–H groups in total. The lowest BCUT2D eigenvalue weighted by molar-refractivity contribution is 0.0519. The predicted molar refractivity (Wildman–Crippen MR) is 99.5 cm³/mol. The van der Waals surface area contributed by atoms with Crippen LogP contribution in [0.3, 0.4) is 0 Å². The summed E-state index contributed by atoms with van der Waals surface area (Å²) in [5.41, 5.74) is 1.49. The van der Waals surface area contributed by atoms with Crippen LogP contribution < -0.4 is 18.9 Å². The van der Waals surface area contributed by atoms with Crippen LogP contribution in [0.25, 0.3) is 0 Å². The van der Waals surface area contributed by atoms with Crippen molar-refractivity contribution in [2.75, 3.05) is 26.8 Å². The van der Waals surface area contributed by atoms with E-state index in [-0.39, 0.29) is 26.8 Å². The van der Waals surface area contributed by atoms with Crippen molar-refractivity contribution >= 4 is 11.9 Å². The van der Waals surface area contributed by atoms with Gasteiger partial charge in [0.1, 0.15) is 13.2 Å². The maximum Gasteiger partial charge on any atom is 0.338 e. The third kappa shape index (κ3) is 4.26. The number of ether oxygens (including phenoxy) is 6. The highest BCUT2D eigenvalue weighted by atomic mass is 16.7. The highest BCUT2D eigenvalue weighted by Crippen LogP contribution is 2.33. The van der Waals surface area contributed by atoms with Crippen LogP contribution >= 0.6 is 0 Å². The molecule has 4 rings (SSSR count). The van der Waals surface area contributed by atoms with Crippen molar-refractivity contribution in [3.63, 3.8) is 0 Å². The van der Waals surface area contributed by atoms with Crippen molar-refractivity contribution in [2.45, 2.75) is 6.92 Å². The quantitative estimate of drug-likeness (QED) is 0.542. The second kappa shape index (κ2) is 8.14. The Labute approximate surface area is 166 Å². The molecule has 0 saturated heterocycles. The van der Waals surface area contributed by atoms with Gasteiger partial charge in [-0.15, -0.1) is 0 Å². The fourth-order valence-corrected chi connectivity index (χ4v) is 2.71. The minimum absolute atomic E-state index is 0.0562. The molecule has 2 aromatic rings. The molecule has 0 atom stereocenters. The summed E-state index contributed by atoms with van der Waals surface area (Å²) >= 11 is 0. The third-order valence-electron chi connectivity index (χ3n) is 4.29. The van der Waals surface area contributed by atoms with E-state index in [1.807, 2.05) is 0 Å². The molecular weight excluding hydrogens is 380 g/mol. The summed E-state index contributed by atoms with van der Waals surface area (Å²) < 4.78 is 31.4. The normalized spacial score (nSPS) is 13.9. The van der Waals surface area contributed by atoms with Gasteiger partial charge < -0.3 is 28.4 Å². The fourth-order valence-electron chi connectivity index (χ4n) is 2.71. The van der Waals surface area contributed by atoms with Gasteiger partial charge in [0.05, 0.1) is 11.1 Å². The summed E-state index contributed by atoms with van der Waals surface area (Å²) in [5.74, 6) is 1.27. The van der Waals surface area contributed by atoms with Crippen molar-refractivity contribution in [1.29, 1.82) is 0 Å². The lowest BCUT2D eigenvalue weighted by Crippen LogP contribution is -2.09. The number of carbonyl (C=O) groups is 2. The van der Waals surface area contributed by atoms with E-state index in [2.05, 4.69) is 0 Å². The average molecular weight is 398 g/mol. The standard InChI is InChI=1S/C21H18O8/c1-13(10-25-21(23)15-3-5-17-19(9-15)29-12-27-17)6-7-24-20(22)14-2-4-16-18(8-14)28-11-26-16/h2-6,8-9H,7,10-12H2,1H3. The Bertz CT molecular complexity index is 979. The molecule has 0 spiro atoms. The number of rotatable bonds is 6. The van der Waals surface area contributed by atoms with Crippen LogP contribution in [0.2, 0.25) is 0 Å². The first-order valence-corrected chi connectivity index (χ1v) is 8.89. The number of hydrogen-bond acceptors (Lipinski definition) is 8. The van der Waals surface area contributed by atoms with Crippen LogP contribution in [-0.2, 0) is 9.47 Å². The molecule has 0 bridgehead atoms. The van der Waals surface area contributed by atoms with Gasteiger partial charge in [0.2, 0.25) is 13.6 Å². The molecule has 8 nitrogen and oxygen atoms in total. The Kier molecular flexibility index (Phi) is 5.24. The Hall–Kier alpha value is -3.68. The van der Waals surface area contributed by atoms with Crippen LogP contribution in [0.15, 0.2) is 48.0 Å². The number of carbonyl (C=O) groups excluding carboxylic acids is 2. The monoisotopic (exact) mass is 398 g/mol. The van der Waals surface area contributed by atoms with Crippen molar-refractivity contribution < 1.29 is 38.0 Å². The first kappa shape index (κ1) is 18.7.